The van der Waals surface area contributed by atoms with Gasteiger partial charge in [-0.05, 0) is 63.6 Å². The maximum Gasteiger partial charge on any atom is 0.253 e. The van der Waals surface area contributed by atoms with Crippen LogP contribution < -0.4 is 10.1 Å². The number of carbonyl (C=O) groups excluding carboxylic acids is 1. The average molecular weight is 366 g/mol. The molecule has 2 aromatic carbocycles. The highest BCUT2D eigenvalue weighted by atomic mass is 19.1. The van der Waals surface area contributed by atoms with Gasteiger partial charge in [0.1, 0.15) is 11.6 Å². The Bertz CT molecular complexity index is 985. The first kappa shape index (κ1) is 18.8. The van der Waals surface area contributed by atoms with Crippen LogP contribution in [0.25, 0.3) is 10.9 Å². The number of pyridine rings is 1. The first-order valence-corrected chi connectivity index (χ1v) is 8.98. The minimum atomic E-state index is -0.344. The van der Waals surface area contributed by atoms with Gasteiger partial charge >= 0.3 is 0 Å². The zero-order valence-corrected chi connectivity index (χ0v) is 15.9. The van der Waals surface area contributed by atoms with E-state index in [0.717, 1.165) is 16.7 Å². The van der Waals surface area contributed by atoms with Crippen molar-refractivity contribution in [3.8, 4) is 5.75 Å². The molecule has 0 radical (unpaired) electrons. The van der Waals surface area contributed by atoms with Crippen molar-refractivity contribution in [2.75, 3.05) is 0 Å². The molecule has 27 heavy (non-hydrogen) atoms. The van der Waals surface area contributed by atoms with Crippen LogP contribution in [0.4, 0.5) is 4.39 Å². The molecule has 1 atom stereocenters. The second-order valence-corrected chi connectivity index (χ2v) is 6.89. The van der Waals surface area contributed by atoms with E-state index in [9.17, 15) is 9.18 Å². The molecule has 0 aliphatic rings. The summed E-state index contributed by atoms with van der Waals surface area (Å²) in [6, 6.07) is 13.6. The van der Waals surface area contributed by atoms with Crippen molar-refractivity contribution in [1.29, 1.82) is 0 Å². The van der Waals surface area contributed by atoms with Gasteiger partial charge in [-0.1, -0.05) is 12.1 Å². The van der Waals surface area contributed by atoms with Gasteiger partial charge < -0.3 is 10.1 Å². The van der Waals surface area contributed by atoms with E-state index in [4.69, 9.17) is 4.74 Å². The second-order valence-electron chi connectivity index (χ2n) is 6.89. The SMILES string of the molecule is Cc1nc2cc(F)ccc2cc1C(=O)NC(C)c1cccc(OC(C)C)c1. The van der Waals surface area contributed by atoms with Gasteiger partial charge in [-0.2, -0.15) is 0 Å². The van der Waals surface area contributed by atoms with E-state index in [1.807, 2.05) is 45.0 Å². The molecule has 1 aromatic heterocycles. The molecular weight excluding hydrogens is 343 g/mol. The van der Waals surface area contributed by atoms with E-state index < -0.39 is 0 Å². The molecule has 1 N–H and O–H groups in total. The minimum Gasteiger partial charge on any atom is -0.491 e. The number of amides is 1. The molecule has 1 amide bonds. The summed E-state index contributed by atoms with van der Waals surface area (Å²) in [5, 5.41) is 3.73. The van der Waals surface area contributed by atoms with Crippen molar-refractivity contribution >= 4 is 16.8 Å². The summed E-state index contributed by atoms with van der Waals surface area (Å²) in [6.45, 7) is 7.62. The second kappa shape index (κ2) is 7.74. The van der Waals surface area contributed by atoms with Crippen molar-refractivity contribution in [3.63, 3.8) is 0 Å². The van der Waals surface area contributed by atoms with Crippen LogP contribution in [-0.2, 0) is 0 Å². The summed E-state index contributed by atoms with van der Waals surface area (Å²) < 4.78 is 19.1. The van der Waals surface area contributed by atoms with Crippen LogP contribution in [0.5, 0.6) is 5.75 Å². The highest BCUT2D eigenvalue weighted by Gasteiger charge is 2.16. The lowest BCUT2D eigenvalue weighted by Crippen LogP contribution is -2.27. The number of hydrogen-bond acceptors (Lipinski definition) is 3. The highest BCUT2D eigenvalue weighted by Crippen LogP contribution is 2.22. The number of fused-ring (bicyclic) bond motifs is 1. The Morgan fingerprint density at radius 2 is 1.89 bits per heavy atom. The third-order valence-electron chi connectivity index (χ3n) is 4.29. The molecule has 4 nitrogen and oxygen atoms in total. The van der Waals surface area contributed by atoms with Crippen LogP contribution in [0.2, 0.25) is 0 Å². The van der Waals surface area contributed by atoms with Crippen LogP contribution in [-0.4, -0.2) is 17.0 Å². The Labute approximate surface area is 158 Å². The molecule has 3 aromatic rings. The molecule has 0 saturated heterocycles. The van der Waals surface area contributed by atoms with Gasteiger partial charge in [-0.3, -0.25) is 9.78 Å². The fraction of sp³-hybridized carbons (Fsp3) is 0.273. The summed E-state index contributed by atoms with van der Waals surface area (Å²) >= 11 is 0. The lowest BCUT2D eigenvalue weighted by Gasteiger charge is -2.17. The van der Waals surface area contributed by atoms with E-state index in [1.54, 1.807) is 19.1 Å². The first-order valence-electron chi connectivity index (χ1n) is 8.98. The molecule has 0 aliphatic heterocycles. The van der Waals surface area contributed by atoms with Gasteiger partial charge in [0.25, 0.3) is 5.91 Å². The number of aryl methyl sites for hydroxylation is 1. The molecule has 0 bridgehead atoms. The highest BCUT2D eigenvalue weighted by molar-refractivity contribution is 5.98. The Hall–Kier alpha value is -2.95. The molecule has 0 fully saturated rings. The fourth-order valence-electron chi connectivity index (χ4n) is 2.95. The summed E-state index contributed by atoms with van der Waals surface area (Å²) in [6.07, 6.45) is 0.0845. The largest absolute Gasteiger partial charge is 0.491 e. The van der Waals surface area contributed by atoms with Gasteiger partial charge in [0.05, 0.1) is 28.9 Å². The van der Waals surface area contributed by atoms with E-state index in [2.05, 4.69) is 10.3 Å². The Morgan fingerprint density at radius 3 is 2.63 bits per heavy atom. The zero-order valence-electron chi connectivity index (χ0n) is 15.9. The van der Waals surface area contributed by atoms with Gasteiger partial charge in [0.2, 0.25) is 0 Å². The van der Waals surface area contributed by atoms with Gasteiger partial charge in [-0.15, -0.1) is 0 Å². The van der Waals surface area contributed by atoms with Crippen molar-refractivity contribution in [1.82, 2.24) is 10.3 Å². The standard InChI is InChI=1S/C22H23FN2O2/c1-13(2)27-19-7-5-6-16(10-19)14(3)25-22(26)20-11-17-8-9-18(23)12-21(17)24-15(20)4/h5-14H,1-4H3,(H,25,26). The quantitative estimate of drug-likeness (QED) is 0.694. The number of hydrogen-bond donors (Lipinski definition) is 1. The lowest BCUT2D eigenvalue weighted by atomic mass is 10.1. The summed E-state index contributed by atoms with van der Waals surface area (Å²) in [7, 11) is 0. The molecule has 0 saturated carbocycles. The monoisotopic (exact) mass is 366 g/mol. The molecule has 1 unspecified atom stereocenters. The van der Waals surface area contributed by atoms with Gasteiger partial charge in [0.15, 0.2) is 0 Å². The maximum atomic E-state index is 13.4. The van der Waals surface area contributed by atoms with E-state index in [1.165, 1.54) is 12.1 Å². The third kappa shape index (κ3) is 4.42. The lowest BCUT2D eigenvalue weighted by molar-refractivity contribution is 0.0939. The topological polar surface area (TPSA) is 51.2 Å². The minimum absolute atomic E-state index is 0.0845. The number of ether oxygens (including phenoxy) is 1. The predicted molar refractivity (Wildman–Crippen MR) is 105 cm³/mol. The summed E-state index contributed by atoms with van der Waals surface area (Å²) in [5.74, 6) is 0.215. The Balaban J connectivity index is 1.81. The fourth-order valence-corrected chi connectivity index (χ4v) is 2.95. The number of carbonyl (C=O) groups is 1. The van der Waals surface area contributed by atoms with Gasteiger partial charge in [0, 0.05) is 11.5 Å². The number of halogens is 1. The smallest absolute Gasteiger partial charge is 0.253 e. The number of nitrogens with zero attached hydrogens (tertiary/aromatic N) is 1. The summed E-state index contributed by atoms with van der Waals surface area (Å²) in [5.41, 5.74) is 2.54. The normalized spacial score (nSPS) is 12.2. The van der Waals surface area contributed by atoms with Crippen molar-refractivity contribution in [3.05, 3.63) is 71.2 Å². The maximum absolute atomic E-state index is 13.4. The van der Waals surface area contributed by atoms with E-state index >= 15 is 0 Å². The third-order valence-corrected chi connectivity index (χ3v) is 4.29. The molecular formula is C22H23FN2O2. The molecule has 140 valence electrons. The number of nitrogens with one attached hydrogen (secondary N) is 1. The van der Waals surface area contributed by atoms with Gasteiger partial charge in [-0.25, -0.2) is 4.39 Å². The molecule has 0 aliphatic carbocycles. The first-order chi connectivity index (χ1) is 12.8. The van der Waals surface area contributed by atoms with Crippen molar-refractivity contribution < 1.29 is 13.9 Å². The van der Waals surface area contributed by atoms with Crippen LogP contribution in [0.1, 0.15) is 48.4 Å². The molecule has 5 heteroatoms. The molecule has 3 rings (SSSR count). The summed E-state index contributed by atoms with van der Waals surface area (Å²) in [4.78, 5) is 17.1. The number of rotatable bonds is 5. The zero-order chi connectivity index (χ0) is 19.6. The average Bonchev–Trinajstić information content (AvgIpc) is 2.60. The van der Waals surface area contributed by atoms with Crippen molar-refractivity contribution in [2.45, 2.75) is 39.8 Å². The molecule has 1 heterocycles. The predicted octanol–water partition coefficient (Wildman–Crippen LogP) is 4.96. The number of aromatic nitrogens is 1. The van der Waals surface area contributed by atoms with E-state index in [0.29, 0.717) is 16.8 Å². The van der Waals surface area contributed by atoms with Crippen LogP contribution >= 0.6 is 0 Å². The Kier molecular flexibility index (Phi) is 5.40. The van der Waals surface area contributed by atoms with Crippen LogP contribution in [0.15, 0.2) is 48.5 Å². The van der Waals surface area contributed by atoms with Crippen LogP contribution in [0.3, 0.4) is 0 Å². The van der Waals surface area contributed by atoms with Crippen LogP contribution in [0, 0.1) is 12.7 Å². The van der Waals surface area contributed by atoms with Crippen molar-refractivity contribution in [2.24, 2.45) is 0 Å². The number of benzene rings is 2. The van der Waals surface area contributed by atoms with E-state index in [-0.39, 0.29) is 23.9 Å². The Morgan fingerprint density at radius 1 is 1.11 bits per heavy atom. The molecule has 0 spiro atoms.